The van der Waals surface area contributed by atoms with Gasteiger partial charge in [-0.25, -0.2) is 0 Å². The van der Waals surface area contributed by atoms with Crippen molar-refractivity contribution < 1.29 is 14.3 Å². The maximum Gasteiger partial charge on any atom is 0.261 e. The Morgan fingerprint density at radius 2 is 1.70 bits per heavy atom. The summed E-state index contributed by atoms with van der Waals surface area (Å²) in [4.78, 5) is 27.7. The third-order valence-electron chi connectivity index (χ3n) is 4.54. The van der Waals surface area contributed by atoms with E-state index in [-0.39, 0.29) is 24.0 Å². The number of rotatable bonds is 9. The van der Waals surface area contributed by atoms with E-state index in [2.05, 4.69) is 27.9 Å². The topological polar surface area (TPSA) is 58.6 Å². The van der Waals surface area contributed by atoms with E-state index in [0.29, 0.717) is 25.1 Å². The molecular formula is C24H31IN2O3. The van der Waals surface area contributed by atoms with Gasteiger partial charge in [0.2, 0.25) is 5.91 Å². The van der Waals surface area contributed by atoms with Gasteiger partial charge in [0.15, 0.2) is 6.61 Å². The number of carbonyl (C=O) groups excluding carboxylic acids is 2. The van der Waals surface area contributed by atoms with E-state index in [9.17, 15) is 9.59 Å². The Labute approximate surface area is 193 Å². The second-order valence-electron chi connectivity index (χ2n) is 8.23. The average Bonchev–Trinajstić information content (AvgIpc) is 2.69. The highest BCUT2D eigenvalue weighted by Gasteiger charge is 2.30. The second kappa shape index (κ2) is 11.3. The number of nitrogens with zero attached hydrogens (tertiary/aromatic N) is 1. The molecule has 6 heteroatoms. The van der Waals surface area contributed by atoms with Gasteiger partial charge in [0.1, 0.15) is 11.8 Å². The number of ether oxygens (including phenoxy) is 1. The number of hydrogen-bond acceptors (Lipinski definition) is 3. The van der Waals surface area contributed by atoms with Gasteiger partial charge in [-0.3, -0.25) is 9.59 Å². The third kappa shape index (κ3) is 7.97. The van der Waals surface area contributed by atoms with Crippen LogP contribution in [0.1, 0.15) is 39.7 Å². The number of amides is 2. The van der Waals surface area contributed by atoms with E-state index in [1.807, 2.05) is 82.3 Å². The van der Waals surface area contributed by atoms with Crippen LogP contribution in [0, 0.1) is 3.57 Å². The van der Waals surface area contributed by atoms with Crippen molar-refractivity contribution in [3.63, 3.8) is 0 Å². The second-order valence-corrected chi connectivity index (χ2v) is 9.47. The van der Waals surface area contributed by atoms with E-state index in [4.69, 9.17) is 4.74 Å². The quantitative estimate of drug-likeness (QED) is 0.496. The predicted molar refractivity (Wildman–Crippen MR) is 128 cm³/mol. The lowest BCUT2D eigenvalue weighted by Gasteiger charge is -2.33. The molecule has 0 spiro atoms. The third-order valence-corrected chi connectivity index (χ3v) is 5.26. The van der Waals surface area contributed by atoms with Crippen molar-refractivity contribution in [2.24, 2.45) is 0 Å². The van der Waals surface area contributed by atoms with E-state index in [1.54, 1.807) is 4.90 Å². The minimum Gasteiger partial charge on any atom is -0.484 e. The largest absolute Gasteiger partial charge is 0.484 e. The molecule has 1 N–H and O–H groups in total. The zero-order valence-corrected chi connectivity index (χ0v) is 20.3. The first-order chi connectivity index (χ1) is 14.2. The standard InChI is InChI=1S/C24H31IN2O3/c1-5-21(23(29)26-24(2,3)4)27(16-15-18-9-7-6-8-10-18)22(28)17-30-20-13-11-19(25)12-14-20/h6-14,21H,5,15-17H2,1-4H3,(H,26,29)/t21-/m0/s1. The van der Waals surface area contributed by atoms with Crippen molar-refractivity contribution in [2.45, 2.75) is 52.1 Å². The number of nitrogens with one attached hydrogen (secondary N) is 1. The van der Waals surface area contributed by atoms with E-state index >= 15 is 0 Å². The molecule has 0 bridgehead atoms. The molecule has 0 aliphatic carbocycles. The van der Waals surface area contributed by atoms with Gasteiger partial charge in [-0.2, -0.15) is 0 Å². The van der Waals surface area contributed by atoms with Crippen molar-refractivity contribution in [1.82, 2.24) is 10.2 Å². The van der Waals surface area contributed by atoms with E-state index in [1.165, 1.54) is 0 Å². The predicted octanol–water partition coefficient (Wildman–Crippen LogP) is 4.43. The van der Waals surface area contributed by atoms with Crippen LogP contribution in [0.5, 0.6) is 5.75 Å². The van der Waals surface area contributed by atoms with Crippen LogP contribution in [0.15, 0.2) is 54.6 Å². The summed E-state index contributed by atoms with van der Waals surface area (Å²) >= 11 is 2.22. The van der Waals surface area contributed by atoms with Gasteiger partial charge in [0.05, 0.1) is 0 Å². The summed E-state index contributed by atoms with van der Waals surface area (Å²) < 4.78 is 6.80. The molecule has 30 heavy (non-hydrogen) atoms. The molecular weight excluding hydrogens is 491 g/mol. The summed E-state index contributed by atoms with van der Waals surface area (Å²) in [5.41, 5.74) is 0.760. The van der Waals surface area contributed by atoms with E-state index in [0.717, 1.165) is 9.13 Å². The van der Waals surface area contributed by atoms with Gasteiger partial charge in [0, 0.05) is 15.7 Å². The Morgan fingerprint density at radius 1 is 1.07 bits per heavy atom. The molecule has 2 rings (SSSR count). The normalized spacial score (nSPS) is 12.2. The fourth-order valence-corrected chi connectivity index (χ4v) is 3.47. The highest BCUT2D eigenvalue weighted by molar-refractivity contribution is 14.1. The zero-order chi connectivity index (χ0) is 22.1. The summed E-state index contributed by atoms with van der Waals surface area (Å²) in [6, 6.07) is 17.0. The maximum absolute atomic E-state index is 13.1. The van der Waals surface area contributed by atoms with Crippen molar-refractivity contribution >= 4 is 34.4 Å². The summed E-state index contributed by atoms with van der Waals surface area (Å²) in [7, 11) is 0. The van der Waals surface area contributed by atoms with Crippen LogP contribution >= 0.6 is 22.6 Å². The smallest absolute Gasteiger partial charge is 0.261 e. The monoisotopic (exact) mass is 522 g/mol. The number of halogens is 1. The van der Waals surface area contributed by atoms with Crippen LogP contribution in [-0.2, 0) is 16.0 Å². The van der Waals surface area contributed by atoms with Gasteiger partial charge >= 0.3 is 0 Å². The van der Waals surface area contributed by atoms with Crippen molar-refractivity contribution in [3.8, 4) is 5.75 Å². The van der Waals surface area contributed by atoms with Gasteiger partial charge in [-0.15, -0.1) is 0 Å². The molecule has 0 aliphatic rings. The molecule has 0 radical (unpaired) electrons. The van der Waals surface area contributed by atoms with Crippen LogP contribution in [0.25, 0.3) is 0 Å². The van der Waals surface area contributed by atoms with Crippen LogP contribution in [-0.4, -0.2) is 41.4 Å². The Bertz CT molecular complexity index is 817. The molecule has 5 nitrogen and oxygen atoms in total. The number of benzene rings is 2. The molecule has 0 saturated carbocycles. The lowest BCUT2D eigenvalue weighted by Crippen LogP contribution is -2.54. The molecule has 0 aliphatic heterocycles. The first-order valence-corrected chi connectivity index (χ1v) is 11.3. The molecule has 0 fully saturated rings. The van der Waals surface area contributed by atoms with E-state index < -0.39 is 6.04 Å². The van der Waals surface area contributed by atoms with Crippen LogP contribution in [0.3, 0.4) is 0 Å². The maximum atomic E-state index is 13.1. The molecule has 0 unspecified atom stereocenters. The lowest BCUT2D eigenvalue weighted by atomic mass is 10.1. The Morgan fingerprint density at radius 3 is 2.27 bits per heavy atom. The highest BCUT2D eigenvalue weighted by atomic mass is 127. The first kappa shape index (κ1) is 24.2. The van der Waals surface area contributed by atoms with Crippen molar-refractivity contribution in [2.75, 3.05) is 13.2 Å². The number of hydrogen-bond donors (Lipinski definition) is 1. The van der Waals surface area contributed by atoms with Gasteiger partial charge in [0.25, 0.3) is 5.91 Å². The van der Waals surface area contributed by atoms with Gasteiger partial charge < -0.3 is 15.0 Å². The Balaban J connectivity index is 2.14. The van der Waals surface area contributed by atoms with Crippen molar-refractivity contribution in [1.29, 1.82) is 0 Å². The SMILES string of the molecule is CC[C@@H](C(=O)NC(C)(C)C)N(CCc1ccccc1)C(=O)COc1ccc(I)cc1. The summed E-state index contributed by atoms with van der Waals surface area (Å²) in [6.45, 7) is 8.09. The fourth-order valence-electron chi connectivity index (χ4n) is 3.11. The Hall–Kier alpha value is -2.09. The minimum atomic E-state index is -0.541. The Kier molecular flexibility index (Phi) is 9.14. The first-order valence-electron chi connectivity index (χ1n) is 10.2. The fraction of sp³-hybridized carbons (Fsp3) is 0.417. The van der Waals surface area contributed by atoms with Crippen LogP contribution in [0.4, 0.5) is 0 Å². The zero-order valence-electron chi connectivity index (χ0n) is 18.2. The molecule has 162 valence electrons. The average molecular weight is 522 g/mol. The minimum absolute atomic E-state index is 0.103. The summed E-state index contributed by atoms with van der Waals surface area (Å²) in [5.74, 6) is 0.306. The summed E-state index contributed by atoms with van der Waals surface area (Å²) in [5, 5.41) is 3.01. The van der Waals surface area contributed by atoms with Crippen LogP contribution in [0.2, 0.25) is 0 Å². The molecule has 2 amide bonds. The molecule has 0 heterocycles. The highest BCUT2D eigenvalue weighted by Crippen LogP contribution is 2.15. The van der Waals surface area contributed by atoms with Gasteiger partial charge in [-0.05, 0) is 86.0 Å². The molecule has 1 atom stereocenters. The van der Waals surface area contributed by atoms with Gasteiger partial charge in [-0.1, -0.05) is 37.3 Å². The van der Waals surface area contributed by atoms with Crippen LogP contribution < -0.4 is 10.1 Å². The number of carbonyl (C=O) groups is 2. The molecule has 0 saturated heterocycles. The molecule has 2 aromatic rings. The van der Waals surface area contributed by atoms with Crippen molar-refractivity contribution in [3.05, 3.63) is 63.7 Å². The molecule has 2 aromatic carbocycles. The summed E-state index contributed by atoms with van der Waals surface area (Å²) in [6.07, 6.45) is 1.21. The lowest BCUT2D eigenvalue weighted by molar-refractivity contribution is -0.142. The molecule has 0 aromatic heterocycles.